The first-order valence-corrected chi connectivity index (χ1v) is 4.58. The van der Waals surface area contributed by atoms with Crippen LogP contribution in [0.1, 0.15) is 12.8 Å². The number of piperidine rings is 1. The van der Waals surface area contributed by atoms with Crippen LogP contribution in [0.3, 0.4) is 0 Å². The first kappa shape index (κ1) is 11.7. The van der Waals surface area contributed by atoms with E-state index in [0.717, 1.165) is 0 Å². The number of aliphatic hydroxyl groups excluding tert-OH is 1. The average Bonchev–Trinajstić information content (AvgIpc) is 2.14. The largest absolute Gasteiger partial charge is 0.460 e. The van der Waals surface area contributed by atoms with Crippen LogP contribution in [0.15, 0.2) is 0 Å². The quantitative estimate of drug-likeness (QED) is 0.709. The van der Waals surface area contributed by atoms with Gasteiger partial charge < -0.3 is 9.84 Å². The molecule has 1 aliphatic heterocycles. The molecule has 0 aromatic rings. The highest BCUT2D eigenvalue weighted by molar-refractivity contribution is 4.74. The summed E-state index contributed by atoms with van der Waals surface area (Å²) in [5.74, 6) is 0. The second kappa shape index (κ2) is 4.95. The first-order valence-electron chi connectivity index (χ1n) is 4.58. The molecule has 0 bridgehead atoms. The summed E-state index contributed by atoms with van der Waals surface area (Å²) in [5.41, 5.74) is 0. The van der Waals surface area contributed by atoms with Gasteiger partial charge in [0.2, 0.25) is 0 Å². The Kier molecular flexibility index (Phi) is 4.15. The summed E-state index contributed by atoms with van der Waals surface area (Å²) in [7, 11) is 0. The lowest BCUT2D eigenvalue weighted by molar-refractivity contribution is -0.258. The highest BCUT2D eigenvalue weighted by Gasteiger charge is 2.39. The number of rotatable bonds is 3. The molecule has 0 aliphatic carbocycles. The van der Waals surface area contributed by atoms with Gasteiger partial charge in [-0.05, 0) is 12.8 Å². The molecule has 0 aromatic heterocycles. The van der Waals surface area contributed by atoms with Gasteiger partial charge >= 0.3 is 6.30 Å². The predicted octanol–water partition coefficient (Wildman–Crippen LogP) is 0.980. The Morgan fingerprint density at radius 2 is 2.14 bits per heavy atom. The van der Waals surface area contributed by atoms with Crippen molar-refractivity contribution in [3.63, 3.8) is 0 Å². The molecule has 1 rings (SSSR count). The van der Waals surface area contributed by atoms with Crippen molar-refractivity contribution >= 4 is 0 Å². The number of aliphatic hydroxyl groups is 1. The van der Waals surface area contributed by atoms with Crippen LogP contribution < -0.4 is 0 Å². The molecule has 0 unspecified atom stereocenters. The fourth-order valence-electron chi connectivity index (χ4n) is 1.52. The highest BCUT2D eigenvalue weighted by atomic mass is 19.4. The van der Waals surface area contributed by atoms with E-state index < -0.39 is 12.4 Å². The molecule has 0 amide bonds. The summed E-state index contributed by atoms with van der Waals surface area (Å²) in [6.45, 7) is -0.120. The second-order valence-corrected chi connectivity index (χ2v) is 3.27. The molecule has 1 aliphatic rings. The molecular formula is C8H14F3NO2. The van der Waals surface area contributed by atoms with Gasteiger partial charge in [-0.2, -0.15) is 13.2 Å². The Morgan fingerprint density at radius 1 is 1.43 bits per heavy atom. The molecule has 3 nitrogen and oxygen atoms in total. The van der Waals surface area contributed by atoms with Crippen LogP contribution in [0.4, 0.5) is 13.2 Å². The Labute approximate surface area is 80.5 Å². The van der Waals surface area contributed by atoms with Gasteiger partial charge in [-0.3, -0.25) is 0 Å². The number of likely N-dealkylation sites (tertiary alicyclic amines) is 1. The fraction of sp³-hybridized carbons (Fsp3) is 1.00. The highest BCUT2D eigenvalue weighted by Crippen LogP contribution is 2.26. The van der Waals surface area contributed by atoms with Gasteiger partial charge in [0.15, 0.2) is 0 Å². The van der Waals surface area contributed by atoms with Gasteiger partial charge in [0.25, 0.3) is 0 Å². The summed E-state index contributed by atoms with van der Waals surface area (Å²) in [5, 5.41) is 8.46. The molecule has 1 N–H and O–H groups in total. The lowest BCUT2D eigenvalue weighted by atomic mass is 10.1. The first-order chi connectivity index (χ1) is 6.54. The van der Waals surface area contributed by atoms with E-state index in [2.05, 4.69) is 0 Å². The normalized spacial score (nSPS) is 25.3. The van der Waals surface area contributed by atoms with Crippen molar-refractivity contribution in [2.75, 3.05) is 26.3 Å². The van der Waals surface area contributed by atoms with Gasteiger partial charge in [0.05, 0.1) is 19.3 Å². The summed E-state index contributed by atoms with van der Waals surface area (Å²) >= 11 is 0. The third-order valence-corrected chi connectivity index (χ3v) is 2.18. The molecule has 0 spiro atoms. The van der Waals surface area contributed by atoms with Crippen LogP contribution in [-0.4, -0.2) is 48.7 Å². The molecule has 14 heavy (non-hydrogen) atoms. The minimum Gasteiger partial charge on any atom is -0.394 e. The smallest absolute Gasteiger partial charge is 0.394 e. The van der Waals surface area contributed by atoms with E-state index in [1.165, 1.54) is 0 Å². The standard InChI is InChI=1S/C8H14F3NO2/c9-8(10,11)12-3-1-2-7(6-12)14-5-4-13/h7,13H,1-6H2/t7-/m1/s1. The molecular weight excluding hydrogens is 199 g/mol. The summed E-state index contributed by atoms with van der Waals surface area (Å²) in [4.78, 5) is 0.457. The zero-order valence-electron chi connectivity index (χ0n) is 7.76. The monoisotopic (exact) mass is 213 g/mol. The Bertz CT molecular complexity index is 174. The maximum Gasteiger partial charge on any atom is 0.460 e. The van der Waals surface area contributed by atoms with E-state index in [1.807, 2.05) is 0 Å². The Balaban J connectivity index is 2.36. The summed E-state index contributed by atoms with van der Waals surface area (Å²) < 4.78 is 41.8. The van der Waals surface area contributed by atoms with E-state index in [-0.39, 0.29) is 26.3 Å². The minimum atomic E-state index is -4.26. The molecule has 84 valence electrons. The number of ether oxygens (including phenoxy) is 1. The third-order valence-electron chi connectivity index (χ3n) is 2.18. The predicted molar refractivity (Wildman–Crippen MR) is 43.7 cm³/mol. The lowest BCUT2D eigenvalue weighted by Crippen LogP contribution is -2.47. The number of alkyl halides is 3. The fourth-order valence-corrected chi connectivity index (χ4v) is 1.52. The van der Waals surface area contributed by atoms with Crippen molar-refractivity contribution in [3.05, 3.63) is 0 Å². The van der Waals surface area contributed by atoms with Crippen molar-refractivity contribution in [3.8, 4) is 0 Å². The maximum atomic E-state index is 12.3. The van der Waals surface area contributed by atoms with Crippen LogP contribution in [0.2, 0.25) is 0 Å². The number of nitrogens with zero attached hydrogens (tertiary/aromatic N) is 1. The van der Waals surface area contributed by atoms with Crippen LogP contribution in [0.25, 0.3) is 0 Å². The van der Waals surface area contributed by atoms with Crippen LogP contribution >= 0.6 is 0 Å². The third kappa shape index (κ3) is 3.43. The molecule has 1 atom stereocenters. The SMILES string of the molecule is OCCO[C@@H]1CCCN(C(F)(F)F)C1. The van der Waals surface area contributed by atoms with Gasteiger partial charge in [0.1, 0.15) is 0 Å². The van der Waals surface area contributed by atoms with Crippen molar-refractivity contribution in [2.24, 2.45) is 0 Å². The summed E-state index contributed by atoms with van der Waals surface area (Å²) in [6, 6.07) is 0. The second-order valence-electron chi connectivity index (χ2n) is 3.27. The van der Waals surface area contributed by atoms with Gasteiger partial charge in [-0.15, -0.1) is 0 Å². The van der Waals surface area contributed by atoms with Crippen molar-refractivity contribution < 1.29 is 23.0 Å². The molecule has 0 radical (unpaired) electrons. The zero-order valence-corrected chi connectivity index (χ0v) is 7.76. The van der Waals surface area contributed by atoms with E-state index in [1.54, 1.807) is 0 Å². The maximum absolute atomic E-state index is 12.3. The molecule has 0 aromatic carbocycles. The van der Waals surface area contributed by atoms with Crippen LogP contribution in [-0.2, 0) is 4.74 Å². The van der Waals surface area contributed by atoms with Gasteiger partial charge in [-0.1, -0.05) is 0 Å². The number of hydrogen-bond acceptors (Lipinski definition) is 3. The summed E-state index contributed by atoms with van der Waals surface area (Å²) in [6.07, 6.45) is -3.55. The van der Waals surface area contributed by atoms with E-state index in [4.69, 9.17) is 9.84 Å². The number of halogens is 3. The van der Waals surface area contributed by atoms with E-state index in [0.29, 0.717) is 17.7 Å². The molecule has 1 saturated heterocycles. The van der Waals surface area contributed by atoms with Gasteiger partial charge in [-0.25, -0.2) is 4.90 Å². The number of hydrogen-bond donors (Lipinski definition) is 1. The van der Waals surface area contributed by atoms with Crippen molar-refractivity contribution in [1.29, 1.82) is 0 Å². The van der Waals surface area contributed by atoms with E-state index >= 15 is 0 Å². The van der Waals surface area contributed by atoms with Crippen molar-refractivity contribution in [2.45, 2.75) is 25.2 Å². The topological polar surface area (TPSA) is 32.7 Å². The average molecular weight is 213 g/mol. The van der Waals surface area contributed by atoms with Gasteiger partial charge in [0, 0.05) is 13.1 Å². The van der Waals surface area contributed by atoms with Crippen LogP contribution in [0, 0.1) is 0 Å². The molecule has 1 fully saturated rings. The molecule has 0 saturated carbocycles. The molecule has 6 heteroatoms. The van der Waals surface area contributed by atoms with Crippen LogP contribution in [0.5, 0.6) is 0 Å². The Hall–Kier alpha value is -0.330. The minimum absolute atomic E-state index is 0.0441. The van der Waals surface area contributed by atoms with E-state index in [9.17, 15) is 13.2 Å². The van der Waals surface area contributed by atoms with Crippen molar-refractivity contribution in [1.82, 2.24) is 4.90 Å². The Morgan fingerprint density at radius 3 is 2.71 bits per heavy atom. The lowest BCUT2D eigenvalue weighted by Gasteiger charge is -2.33. The molecule has 1 heterocycles. The zero-order chi connectivity index (χ0) is 10.6.